The van der Waals surface area contributed by atoms with Gasteiger partial charge in [0.1, 0.15) is 5.75 Å². The maximum absolute atomic E-state index is 5.96. The highest BCUT2D eigenvalue weighted by Crippen LogP contribution is 2.35. The lowest BCUT2D eigenvalue weighted by atomic mass is 9.97. The molecular weight excluding hydrogens is 286 g/mol. The van der Waals surface area contributed by atoms with E-state index in [1.165, 1.54) is 11.1 Å². The molecule has 0 radical (unpaired) electrons. The predicted molar refractivity (Wildman–Crippen MR) is 94.1 cm³/mol. The Balaban J connectivity index is 1.70. The van der Waals surface area contributed by atoms with Crippen LogP contribution in [0.25, 0.3) is 0 Å². The number of nitrogen functional groups attached to an aromatic ring is 1. The van der Waals surface area contributed by atoms with E-state index in [0.717, 1.165) is 37.3 Å². The number of para-hydroxylation sites is 1. The monoisotopic (exact) mass is 311 g/mol. The third kappa shape index (κ3) is 3.84. The number of nitrogens with one attached hydrogen (secondary N) is 2. The molecule has 4 nitrogen and oxygen atoms in total. The fourth-order valence-electron chi connectivity index (χ4n) is 2.93. The molecule has 4 N–H and O–H groups in total. The number of hydrogen-bond donors (Lipinski definition) is 3. The molecule has 4 heteroatoms. The average Bonchev–Trinajstić information content (AvgIpc) is 3.06. The summed E-state index contributed by atoms with van der Waals surface area (Å²) in [7, 11) is 0. The molecule has 2 aromatic carbocycles. The number of benzene rings is 2. The lowest BCUT2D eigenvalue weighted by Gasteiger charge is -2.16. The van der Waals surface area contributed by atoms with Gasteiger partial charge in [0.15, 0.2) is 0 Å². The minimum Gasteiger partial charge on any atom is -0.493 e. The van der Waals surface area contributed by atoms with E-state index in [1.54, 1.807) is 0 Å². The molecule has 0 aliphatic carbocycles. The normalized spacial score (nSPS) is 20.6. The van der Waals surface area contributed by atoms with E-state index < -0.39 is 0 Å². The predicted octanol–water partition coefficient (Wildman–Crippen LogP) is 3.73. The van der Waals surface area contributed by atoms with Crippen LogP contribution in [0.5, 0.6) is 5.75 Å². The van der Waals surface area contributed by atoms with Crippen molar-refractivity contribution in [3.05, 3.63) is 59.7 Å². The molecule has 0 aromatic heterocycles. The molecule has 0 amide bonds. The second-order valence-corrected chi connectivity index (χ2v) is 6.04. The van der Waals surface area contributed by atoms with Gasteiger partial charge >= 0.3 is 0 Å². The van der Waals surface area contributed by atoms with Gasteiger partial charge in [0, 0.05) is 17.3 Å². The maximum atomic E-state index is 5.96. The SMILES string of the molecule is CCCCOc1ccccc1C1CC(c2ccc(N)cc2)NN1. The van der Waals surface area contributed by atoms with E-state index in [-0.39, 0.29) is 12.1 Å². The van der Waals surface area contributed by atoms with Gasteiger partial charge in [0.25, 0.3) is 0 Å². The van der Waals surface area contributed by atoms with Crippen LogP contribution in [-0.4, -0.2) is 6.61 Å². The standard InChI is InChI=1S/C19H25N3O/c1-2-3-12-23-19-7-5-4-6-16(19)18-13-17(21-22-18)14-8-10-15(20)11-9-14/h4-11,17-18,21-22H,2-3,12-13,20H2,1H3. The Bertz CT molecular complexity index is 627. The molecule has 2 unspecified atom stereocenters. The molecule has 0 spiro atoms. The number of unbranched alkanes of at least 4 members (excludes halogenated alkanes) is 1. The van der Waals surface area contributed by atoms with E-state index >= 15 is 0 Å². The largest absolute Gasteiger partial charge is 0.493 e. The van der Waals surface area contributed by atoms with Crippen LogP contribution < -0.4 is 21.3 Å². The fraction of sp³-hybridized carbons (Fsp3) is 0.368. The van der Waals surface area contributed by atoms with Crippen LogP contribution in [0, 0.1) is 0 Å². The second-order valence-electron chi connectivity index (χ2n) is 6.04. The van der Waals surface area contributed by atoms with Gasteiger partial charge in [-0.05, 0) is 36.6 Å². The maximum Gasteiger partial charge on any atom is 0.124 e. The van der Waals surface area contributed by atoms with Crippen molar-refractivity contribution < 1.29 is 4.74 Å². The van der Waals surface area contributed by atoms with E-state index in [0.29, 0.717) is 0 Å². The van der Waals surface area contributed by atoms with E-state index in [4.69, 9.17) is 10.5 Å². The van der Waals surface area contributed by atoms with Crippen LogP contribution in [0.3, 0.4) is 0 Å². The van der Waals surface area contributed by atoms with Crippen molar-refractivity contribution >= 4 is 5.69 Å². The summed E-state index contributed by atoms with van der Waals surface area (Å²) >= 11 is 0. The van der Waals surface area contributed by atoms with Crippen molar-refractivity contribution in [2.24, 2.45) is 0 Å². The zero-order chi connectivity index (χ0) is 16.1. The lowest BCUT2D eigenvalue weighted by Crippen LogP contribution is -2.26. The third-order valence-corrected chi connectivity index (χ3v) is 4.29. The summed E-state index contributed by atoms with van der Waals surface area (Å²) in [4.78, 5) is 0. The number of nitrogens with two attached hydrogens (primary N) is 1. The third-order valence-electron chi connectivity index (χ3n) is 4.29. The Kier molecular flexibility index (Phi) is 5.16. The first-order valence-electron chi connectivity index (χ1n) is 8.36. The van der Waals surface area contributed by atoms with Crippen molar-refractivity contribution in [1.29, 1.82) is 0 Å². The summed E-state index contributed by atoms with van der Waals surface area (Å²) in [5, 5.41) is 0. The topological polar surface area (TPSA) is 59.3 Å². The first kappa shape index (κ1) is 15.8. The van der Waals surface area contributed by atoms with Crippen LogP contribution in [0.4, 0.5) is 5.69 Å². The van der Waals surface area contributed by atoms with Crippen molar-refractivity contribution in [2.75, 3.05) is 12.3 Å². The molecule has 2 atom stereocenters. The molecule has 3 rings (SSSR count). The molecule has 1 aliphatic rings. The second kappa shape index (κ2) is 7.49. The van der Waals surface area contributed by atoms with Crippen LogP contribution >= 0.6 is 0 Å². The summed E-state index contributed by atoms with van der Waals surface area (Å²) in [6.45, 7) is 2.95. The van der Waals surface area contributed by atoms with Gasteiger partial charge in [-0.15, -0.1) is 0 Å². The summed E-state index contributed by atoms with van der Waals surface area (Å²) in [5.41, 5.74) is 15.8. The van der Waals surface area contributed by atoms with E-state index in [2.05, 4.69) is 48.1 Å². The number of hydrazine groups is 1. The summed E-state index contributed by atoms with van der Waals surface area (Å²) in [6.07, 6.45) is 3.21. The van der Waals surface area contributed by atoms with Crippen LogP contribution in [0.15, 0.2) is 48.5 Å². The number of anilines is 1. The summed E-state index contributed by atoms with van der Waals surface area (Å²) in [6, 6.07) is 16.9. The van der Waals surface area contributed by atoms with E-state index in [9.17, 15) is 0 Å². The minimum absolute atomic E-state index is 0.246. The average molecular weight is 311 g/mol. The summed E-state index contributed by atoms with van der Waals surface area (Å²) in [5.74, 6) is 0.984. The minimum atomic E-state index is 0.246. The number of hydrogen-bond acceptors (Lipinski definition) is 4. The van der Waals surface area contributed by atoms with Gasteiger partial charge in [0.05, 0.1) is 12.6 Å². The zero-order valence-electron chi connectivity index (χ0n) is 13.6. The zero-order valence-corrected chi connectivity index (χ0v) is 13.6. The van der Waals surface area contributed by atoms with Gasteiger partial charge in [-0.25, -0.2) is 10.9 Å². The Hall–Kier alpha value is -2.04. The molecule has 0 saturated carbocycles. The Morgan fingerprint density at radius 1 is 1.04 bits per heavy atom. The molecular formula is C19H25N3O. The Labute approximate surface area is 138 Å². The van der Waals surface area contributed by atoms with Crippen molar-refractivity contribution in [3.8, 4) is 5.75 Å². The molecule has 23 heavy (non-hydrogen) atoms. The first-order valence-corrected chi connectivity index (χ1v) is 8.36. The quantitative estimate of drug-likeness (QED) is 0.562. The van der Waals surface area contributed by atoms with Gasteiger partial charge in [-0.2, -0.15) is 0 Å². The number of ether oxygens (including phenoxy) is 1. The van der Waals surface area contributed by atoms with Crippen LogP contribution in [-0.2, 0) is 0 Å². The molecule has 1 fully saturated rings. The van der Waals surface area contributed by atoms with Crippen LogP contribution in [0.2, 0.25) is 0 Å². The van der Waals surface area contributed by atoms with Crippen molar-refractivity contribution in [3.63, 3.8) is 0 Å². The smallest absolute Gasteiger partial charge is 0.124 e. The highest BCUT2D eigenvalue weighted by atomic mass is 16.5. The van der Waals surface area contributed by atoms with Gasteiger partial charge in [0.2, 0.25) is 0 Å². The molecule has 2 aromatic rings. The fourth-order valence-corrected chi connectivity index (χ4v) is 2.93. The molecule has 1 heterocycles. The highest BCUT2D eigenvalue weighted by molar-refractivity contribution is 5.41. The molecule has 1 saturated heterocycles. The highest BCUT2D eigenvalue weighted by Gasteiger charge is 2.27. The Morgan fingerprint density at radius 3 is 2.57 bits per heavy atom. The first-order chi connectivity index (χ1) is 11.3. The van der Waals surface area contributed by atoms with Gasteiger partial charge in [-0.1, -0.05) is 43.7 Å². The molecule has 1 aliphatic heterocycles. The Morgan fingerprint density at radius 2 is 1.78 bits per heavy atom. The lowest BCUT2D eigenvalue weighted by molar-refractivity contribution is 0.303. The number of rotatable bonds is 6. The van der Waals surface area contributed by atoms with Crippen molar-refractivity contribution in [1.82, 2.24) is 10.9 Å². The van der Waals surface area contributed by atoms with Crippen LogP contribution in [0.1, 0.15) is 49.4 Å². The van der Waals surface area contributed by atoms with Gasteiger partial charge < -0.3 is 10.5 Å². The molecule has 122 valence electrons. The molecule has 0 bridgehead atoms. The van der Waals surface area contributed by atoms with E-state index in [1.807, 2.05) is 18.2 Å². The van der Waals surface area contributed by atoms with Crippen molar-refractivity contribution in [2.45, 2.75) is 38.3 Å². The summed E-state index contributed by atoms with van der Waals surface area (Å²) < 4.78 is 5.96. The van der Waals surface area contributed by atoms with Gasteiger partial charge in [-0.3, -0.25) is 0 Å².